The molecule has 2 heterocycles. The van der Waals surface area contributed by atoms with Crippen LogP contribution in [0.1, 0.15) is 29.7 Å². The van der Waals surface area contributed by atoms with Crippen LogP contribution in [0.2, 0.25) is 5.02 Å². The Morgan fingerprint density at radius 3 is 2.58 bits per heavy atom. The van der Waals surface area contributed by atoms with E-state index < -0.39 is 17.7 Å². The van der Waals surface area contributed by atoms with Gasteiger partial charge < -0.3 is 9.84 Å². The molecule has 4 aromatic rings. The molecule has 1 aliphatic rings. The van der Waals surface area contributed by atoms with Gasteiger partial charge in [-0.15, -0.1) is 10.2 Å². The number of amides is 1. The molecular weight excluding hydrogens is 542 g/mol. The smallest absolute Gasteiger partial charge is 0.301 e. The maximum absolute atomic E-state index is 13.4. The van der Waals surface area contributed by atoms with Crippen molar-refractivity contribution in [3.8, 4) is 5.75 Å². The predicted molar refractivity (Wildman–Crippen MR) is 150 cm³/mol. The van der Waals surface area contributed by atoms with Gasteiger partial charge in [0.2, 0.25) is 5.13 Å². The predicted octanol–water partition coefficient (Wildman–Crippen LogP) is 6.51. The van der Waals surface area contributed by atoms with Gasteiger partial charge in [-0.3, -0.25) is 14.5 Å². The van der Waals surface area contributed by atoms with E-state index in [1.165, 1.54) is 28.0 Å². The van der Waals surface area contributed by atoms with E-state index in [-0.39, 0.29) is 16.5 Å². The number of ether oxygens (including phenoxy) is 1. The topological polar surface area (TPSA) is 92.6 Å². The van der Waals surface area contributed by atoms with E-state index in [4.69, 9.17) is 16.3 Å². The number of ketones is 1. The Labute approximate surface area is 232 Å². The third-order valence-electron chi connectivity index (χ3n) is 5.89. The van der Waals surface area contributed by atoms with Crippen molar-refractivity contribution in [3.05, 3.63) is 106 Å². The summed E-state index contributed by atoms with van der Waals surface area (Å²) in [6.07, 6.45) is 0. The van der Waals surface area contributed by atoms with Crippen molar-refractivity contribution in [2.75, 3.05) is 11.5 Å². The van der Waals surface area contributed by atoms with Gasteiger partial charge in [0, 0.05) is 16.3 Å². The van der Waals surface area contributed by atoms with E-state index in [1.54, 1.807) is 48.5 Å². The van der Waals surface area contributed by atoms with Crippen LogP contribution < -0.4 is 9.64 Å². The number of anilines is 1. The van der Waals surface area contributed by atoms with Gasteiger partial charge in [0.15, 0.2) is 4.34 Å². The summed E-state index contributed by atoms with van der Waals surface area (Å²) >= 11 is 8.91. The van der Waals surface area contributed by atoms with Crippen molar-refractivity contribution in [2.45, 2.75) is 23.1 Å². The number of halogens is 1. The number of aromatic nitrogens is 2. The molecular formula is C28H22ClN3O4S2. The van der Waals surface area contributed by atoms with Crippen molar-refractivity contribution < 1.29 is 19.4 Å². The molecule has 10 heteroatoms. The second-order valence-electron chi connectivity index (χ2n) is 8.27. The molecule has 1 unspecified atom stereocenters. The Hall–Kier alpha value is -3.66. The Kier molecular flexibility index (Phi) is 7.78. The van der Waals surface area contributed by atoms with Crippen molar-refractivity contribution in [3.63, 3.8) is 0 Å². The highest BCUT2D eigenvalue weighted by atomic mass is 35.5. The highest BCUT2D eigenvalue weighted by molar-refractivity contribution is 8.00. The minimum absolute atomic E-state index is 0.0182. The number of aliphatic hydroxyl groups excluding tert-OH is 1. The second-order valence-corrected chi connectivity index (χ2v) is 10.9. The molecule has 0 saturated carbocycles. The van der Waals surface area contributed by atoms with Crippen molar-refractivity contribution in [1.29, 1.82) is 0 Å². The first-order valence-corrected chi connectivity index (χ1v) is 13.9. The molecule has 3 aromatic carbocycles. The lowest BCUT2D eigenvalue weighted by molar-refractivity contribution is -0.132. The molecule has 192 valence electrons. The normalized spacial score (nSPS) is 16.7. The number of hydrogen-bond acceptors (Lipinski definition) is 8. The maximum atomic E-state index is 13.4. The van der Waals surface area contributed by atoms with Crippen molar-refractivity contribution >= 4 is 57.3 Å². The van der Waals surface area contributed by atoms with E-state index >= 15 is 0 Å². The highest BCUT2D eigenvalue weighted by Crippen LogP contribution is 2.44. The van der Waals surface area contributed by atoms with Crippen LogP contribution in [-0.2, 0) is 15.3 Å². The summed E-state index contributed by atoms with van der Waals surface area (Å²) in [5.74, 6) is -0.674. The third-order valence-corrected chi connectivity index (χ3v) is 8.36. The minimum Gasteiger partial charge on any atom is -0.507 e. The summed E-state index contributed by atoms with van der Waals surface area (Å²) < 4.78 is 6.28. The van der Waals surface area contributed by atoms with Crippen LogP contribution in [0, 0.1) is 0 Å². The molecule has 0 bridgehead atoms. The number of nitrogens with zero attached hydrogens (tertiary/aromatic N) is 3. The van der Waals surface area contributed by atoms with Crippen LogP contribution in [0.25, 0.3) is 5.76 Å². The zero-order chi connectivity index (χ0) is 26.6. The largest absolute Gasteiger partial charge is 0.507 e. The number of aliphatic hydroxyl groups is 1. The van der Waals surface area contributed by atoms with Crippen molar-refractivity contribution in [2.24, 2.45) is 0 Å². The number of benzene rings is 3. The van der Waals surface area contributed by atoms with Crippen LogP contribution >= 0.6 is 34.7 Å². The fourth-order valence-electron chi connectivity index (χ4n) is 4.15. The lowest BCUT2D eigenvalue weighted by atomic mass is 9.95. The lowest BCUT2D eigenvalue weighted by Crippen LogP contribution is -2.29. The summed E-state index contributed by atoms with van der Waals surface area (Å²) in [5, 5.41) is 20.6. The standard InChI is InChI=1S/C28H22ClN3O4S2/c1-2-36-20-13-8-12-18(15-20)23-22(24(33)17-9-4-3-5-10-17)25(34)26(35)32(23)27-30-31-28(38-27)37-16-19-11-6-7-14-21(19)29/h3-15,23,33H,2,16H2,1H3. The number of carbonyl (C=O) groups is 2. The molecule has 1 aliphatic heterocycles. The minimum atomic E-state index is -0.912. The molecule has 1 aromatic heterocycles. The fourth-order valence-corrected chi connectivity index (χ4v) is 6.30. The van der Waals surface area contributed by atoms with E-state index in [9.17, 15) is 14.7 Å². The molecule has 1 fully saturated rings. The van der Waals surface area contributed by atoms with Gasteiger partial charge in [-0.25, -0.2) is 0 Å². The van der Waals surface area contributed by atoms with Gasteiger partial charge in [0.05, 0.1) is 18.2 Å². The molecule has 1 N–H and O–H groups in total. The second kappa shape index (κ2) is 11.4. The summed E-state index contributed by atoms with van der Waals surface area (Å²) in [4.78, 5) is 28.0. The highest BCUT2D eigenvalue weighted by Gasteiger charge is 2.48. The van der Waals surface area contributed by atoms with Crippen LogP contribution in [-0.4, -0.2) is 33.6 Å². The van der Waals surface area contributed by atoms with Gasteiger partial charge in [-0.05, 0) is 36.2 Å². The molecule has 7 nitrogen and oxygen atoms in total. The number of Topliss-reactive ketones (excluding diaryl/α,β-unsaturated/α-hetero) is 1. The Morgan fingerprint density at radius 2 is 1.82 bits per heavy atom. The summed E-state index contributed by atoms with van der Waals surface area (Å²) in [7, 11) is 0. The maximum Gasteiger partial charge on any atom is 0.301 e. The van der Waals surface area contributed by atoms with Crippen LogP contribution in [0.3, 0.4) is 0 Å². The molecule has 1 atom stereocenters. The third kappa shape index (κ3) is 5.18. The number of hydrogen-bond donors (Lipinski definition) is 1. The molecule has 0 spiro atoms. The molecule has 0 radical (unpaired) electrons. The van der Waals surface area contributed by atoms with Crippen LogP contribution in [0.15, 0.2) is 88.8 Å². The first-order chi connectivity index (χ1) is 18.5. The molecule has 1 amide bonds. The van der Waals surface area contributed by atoms with Crippen LogP contribution in [0.4, 0.5) is 5.13 Å². The van der Waals surface area contributed by atoms with Gasteiger partial charge in [0.1, 0.15) is 11.5 Å². The van der Waals surface area contributed by atoms with E-state index in [0.29, 0.717) is 38.6 Å². The lowest BCUT2D eigenvalue weighted by Gasteiger charge is -2.23. The van der Waals surface area contributed by atoms with Gasteiger partial charge in [-0.2, -0.15) is 0 Å². The van der Waals surface area contributed by atoms with Gasteiger partial charge in [0.25, 0.3) is 5.78 Å². The summed E-state index contributed by atoms with van der Waals surface area (Å²) in [5.41, 5.74) is 1.97. The average Bonchev–Trinajstić information content (AvgIpc) is 3.50. The zero-order valence-electron chi connectivity index (χ0n) is 20.2. The Balaban J connectivity index is 1.55. The fraction of sp³-hybridized carbons (Fsp3) is 0.143. The average molecular weight is 564 g/mol. The molecule has 1 saturated heterocycles. The number of carbonyl (C=O) groups excluding carboxylic acids is 2. The van der Waals surface area contributed by atoms with E-state index in [1.807, 2.05) is 37.3 Å². The number of rotatable bonds is 8. The molecule has 5 rings (SSSR count). The quantitative estimate of drug-likeness (QED) is 0.0858. The van der Waals surface area contributed by atoms with Crippen LogP contribution in [0.5, 0.6) is 5.75 Å². The summed E-state index contributed by atoms with van der Waals surface area (Å²) in [6, 6.07) is 22.4. The Morgan fingerprint density at radius 1 is 1.05 bits per heavy atom. The van der Waals surface area contributed by atoms with Gasteiger partial charge >= 0.3 is 5.91 Å². The monoisotopic (exact) mass is 563 g/mol. The van der Waals surface area contributed by atoms with E-state index in [2.05, 4.69) is 10.2 Å². The van der Waals surface area contributed by atoms with Gasteiger partial charge in [-0.1, -0.05) is 95.4 Å². The SMILES string of the molecule is CCOc1cccc(C2C(=C(O)c3ccccc3)C(=O)C(=O)N2c2nnc(SCc3ccccc3Cl)s2)c1. The number of thioether (sulfide) groups is 1. The summed E-state index contributed by atoms with van der Waals surface area (Å²) in [6.45, 7) is 2.33. The Bertz CT molecular complexity index is 1520. The van der Waals surface area contributed by atoms with E-state index in [0.717, 1.165) is 5.56 Å². The first-order valence-electron chi connectivity index (χ1n) is 11.8. The van der Waals surface area contributed by atoms with Crippen molar-refractivity contribution in [1.82, 2.24) is 10.2 Å². The molecule has 38 heavy (non-hydrogen) atoms. The molecule has 0 aliphatic carbocycles. The first kappa shape index (κ1) is 26.0. The zero-order valence-corrected chi connectivity index (χ0v) is 22.6.